The average Bonchev–Trinajstić information content (AvgIpc) is 2.99. The van der Waals surface area contributed by atoms with E-state index in [9.17, 15) is 0 Å². The molecule has 3 unspecified atom stereocenters. The molecule has 0 saturated heterocycles. The molecular weight excluding hydrogens is 787 g/mol. The lowest BCUT2D eigenvalue weighted by atomic mass is 10.4. The van der Waals surface area contributed by atoms with Crippen molar-refractivity contribution in [2.45, 2.75) is 237 Å². The number of nitrogens with zero attached hydrogens (tertiary/aromatic N) is 3. The van der Waals surface area contributed by atoms with E-state index in [0.29, 0.717) is 0 Å². The van der Waals surface area contributed by atoms with Crippen molar-refractivity contribution in [2.24, 2.45) is 0 Å². The van der Waals surface area contributed by atoms with Gasteiger partial charge >= 0.3 is 43.5 Å². The second-order valence-electron chi connectivity index (χ2n) is 17.0. The zero-order valence-corrected chi connectivity index (χ0v) is 42.3. The Morgan fingerprint density at radius 3 is 0.526 bits per heavy atom. The summed E-state index contributed by atoms with van der Waals surface area (Å²) in [4.78, 5) is 46.8. The van der Waals surface area contributed by atoms with E-state index in [0.717, 1.165) is 13.7 Å². The molecule has 1 aromatic rings. The molecule has 57 heavy (non-hydrogen) atoms. The molecule has 1 aromatic heterocycles. The molecule has 0 fully saturated rings. The lowest BCUT2D eigenvalue weighted by molar-refractivity contribution is -0.0159. The number of hydrogen-bond donors (Lipinski definition) is 0. The summed E-state index contributed by atoms with van der Waals surface area (Å²) in [6.07, 6.45) is -3.10. The third-order valence-electron chi connectivity index (χ3n) is 8.16. The summed E-state index contributed by atoms with van der Waals surface area (Å²) in [7, 11) is -12.2. The fourth-order valence-corrected chi connectivity index (χ4v) is 18.0. The molecule has 0 radical (unpaired) electrons. The van der Waals surface area contributed by atoms with Gasteiger partial charge in [-0.15, -0.1) is 0 Å². The van der Waals surface area contributed by atoms with Gasteiger partial charge in [-0.2, -0.15) is 0 Å². The largest absolute Gasteiger partial charge is 0.526 e. The van der Waals surface area contributed by atoms with Crippen LogP contribution in [-0.4, -0.2) is 95.1 Å². The lowest BCUT2D eigenvalue weighted by Crippen LogP contribution is -2.69. The van der Waals surface area contributed by atoms with E-state index in [4.69, 9.17) is 39.8 Å². The molecule has 0 N–H and O–H groups in total. The highest BCUT2D eigenvalue weighted by molar-refractivity contribution is 6.62. The van der Waals surface area contributed by atoms with Gasteiger partial charge in [0.15, 0.2) is 0 Å². The van der Waals surface area contributed by atoms with Crippen molar-refractivity contribution >= 4 is 26.4 Å². The Morgan fingerprint density at radius 1 is 0.316 bits per heavy atom. The summed E-state index contributed by atoms with van der Waals surface area (Å²) in [6, 6.07) is 0. The Morgan fingerprint density at radius 2 is 0.439 bits per heavy atom. The van der Waals surface area contributed by atoms with Crippen molar-refractivity contribution in [1.82, 2.24) is 13.7 Å². The molecule has 0 aliphatic carbocycles. The first-order valence-corrected chi connectivity index (χ1v) is 26.7. The van der Waals surface area contributed by atoms with Gasteiger partial charge < -0.3 is 39.8 Å². The summed E-state index contributed by atoms with van der Waals surface area (Å²) in [5.41, 5.74) is -5.86. The van der Waals surface area contributed by atoms with Gasteiger partial charge in [0, 0.05) is 54.9 Å². The minimum Gasteiger partial charge on any atom is -0.370 e. The molecule has 0 amide bonds. The van der Waals surface area contributed by atoms with Gasteiger partial charge in [-0.1, -0.05) is 20.8 Å². The maximum Gasteiger partial charge on any atom is 0.526 e. The predicted molar refractivity (Wildman–Crippen MR) is 230 cm³/mol. The van der Waals surface area contributed by atoms with Gasteiger partial charge in [0.05, 0.1) is 0 Å². The summed E-state index contributed by atoms with van der Waals surface area (Å²) in [5.74, 6) is 0. The first-order chi connectivity index (χ1) is 26.2. The topological polar surface area (TPSA) is 149 Å². The van der Waals surface area contributed by atoms with E-state index < -0.39 is 115 Å². The normalized spacial score (nSPS) is 15.3. The smallest absolute Gasteiger partial charge is 0.370 e. The quantitative estimate of drug-likeness (QED) is 0.0818. The average molecular weight is 868 g/mol. The van der Waals surface area contributed by atoms with E-state index in [-0.39, 0.29) is 19.3 Å². The lowest BCUT2D eigenvalue weighted by Gasteiger charge is -2.42. The molecule has 1 heterocycles. The monoisotopic (exact) mass is 868 g/mol. The van der Waals surface area contributed by atoms with Crippen LogP contribution in [0, 0.1) is 0 Å². The van der Waals surface area contributed by atoms with Crippen molar-refractivity contribution < 1.29 is 39.8 Å². The fraction of sp³-hybridized carbons (Fsp3) is 0.923. The standard InChI is InChI=1S/C39H81N3O12Si3/c1-22-34(55(46-25(4)5,47-26(6)7)48-27(8)9)40-37(43)41(35(23-2)56(49-28(10)11,50-29(12)13)51-30(14)15)39(45)42(38(40)44)36(24-3)57(52-31(16)17,53-32(18)19)54-33(20)21/h25-36H,22-24H2,1-21H3. The highest BCUT2D eigenvalue weighted by Crippen LogP contribution is 2.35. The summed E-state index contributed by atoms with van der Waals surface area (Å²) in [5, 5.41) is 0. The van der Waals surface area contributed by atoms with Gasteiger partial charge in [0.1, 0.15) is 17.0 Å². The molecule has 0 spiro atoms. The Balaban J connectivity index is 5.07. The van der Waals surface area contributed by atoms with Crippen LogP contribution in [0.4, 0.5) is 0 Å². The van der Waals surface area contributed by atoms with E-state index in [1.54, 1.807) is 0 Å². The SMILES string of the molecule is CCC(n1c(=O)n(C(CC)[Si](OC(C)C)(OC(C)C)OC(C)C)c(=O)n(C(CC)[Si](OC(C)C)(OC(C)C)OC(C)C)c1=O)[Si](OC(C)C)(OC(C)C)OC(C)C. The molecule has 0 aliphatic rings. The number of rotatable bonds is 27. The molecule has 15 nitrogen and oxygen atoms in total. The Kier molecular flexibility index (Phi) is 21.7. The molecule has 0 bridgehead atoms. The highest BCUT2D eigenvalue weighted by Gasteiger charge is 2.59. The Bertz CT molecular complexity index is 1240. The van der Waals surface area contributed by atoms with Crippen LogP contribution in [0.3, 0.4) is 0 Å². The van der Waals surface area contributed by atoms with Crippen molar-refractivity contribution in [3.63, 3.8) is 0 Å². The molecular formula is C39H81N3O12Si3. The van der Waals surface area contributed by atoms with E-state index >= 15 is 14.4 Å². The summed E-state index contributed by atoms with van der Waals surface area (Å²) < 4.78 is 63.4. The van der Waals surface area contributed by atoms with Crippen LogP contribution in [0.2, 0.25) is 0 Å². The molecule has 336 valence electrons. The summed E-state index contributed by atoms with van der Waals surface area (Å²) in [6.45, 7) is 39.0. The van der Waals surface area contributed by atoms with E-state index in [1.165, 1.54) is 0 Å². The van der Waals surface area contributed by atoms with Gasteiger partial charge in [0.25, 0.3) is 0 Å². The molecule has 1 rings (SSSR count). The zero-order valence-electron chi connectivity index (χ0n) is 39.3. The predicted octanol–water partition coefficient (Wildman–Crippen LogP) is 7.28. The van der Waals surface area contributed by atoms with E-state index in [2.05, 4.69) is 0 Å². The number of hydrogen-bond acceptors (Lipinski definition) is 12. The van der Waals surface area contributed by atoms with Gasteiger partial charge in [-0.3, -0.25) is 0 Å². The van der Waals surface area contributed by atoms with Crippen LogP contribution in [0.1, 0.15) is 182 Å². The van der Waals surface area contributed by atoms with Crippen molar-refractivity contribution in [1.29, 1.82) is 0 Å². The minimum atomic E-state index is -4.05. The van der Waals surface area contributed by atoms with Crippen LogP contribution in [0.15, 0.2) is 14.4 Å². The van der Waals surface area contributed by atoms with E-state index in [1.807, 2.05) is 145 Å². The van der Waals surface area contributed by atoms with Crippen LogP contribution in [0.5, 0.6) is 0 Å². The van der Waals surface area contributed by atoms with Crippen LogP contribution < -0.4 is 17.1 Å². The van der Waals surface area contributed by atoms with Gasteiger partial charge in [-0.25, -0.2) is 28.1 Å². The summed E-state index contributed by atoms with van der Waals surface area (Å²) >= 11 is 0. The van der Waals surface area contributed by atoms with Crippen molar-refractivity contribution in [2.75, 3.05) is 0 Å². The first-order valence-electron chi connectivity index (χ1n) is 21.3. The third kappa shape index (κ3) is 14.1. The third-order valence-corrected chi connectivity index (χ3v) is 19.8. The second-order valence-corrected chi connectivity index (χ2v) is 24.8. The Labute approximate surface area is 347 Å². The van der Waals surface area contributed by atoms with Crippen molar-refractivity contribution in [3.8, 4) is 0 Å². The zero-order chi connectivity index (χ0) is 44.4. The number of aromatic nitrogens is 3. The first kappa shape index (κ1) is 53.7. The van der Waals surface area contributed by atoms with Crippen LogP contribution in [-0.2, 0) is 39.8 Å². The fourth-order valence-electron chi connectivity index (χ4n) is 7.08. The van der Waals surface area contributed by atoms with Crippen LogP contribution in [0.25, 0.3) is 0 Å². The maximum atomic E-state index is 15.6. The van der Waals surface area contributed by atoms with Gasteiger partial charge in [-0.05, 0) is 144 Å². The minimum absolute atomic E-state index is 0.186. The van der Waals surface area contributed by atoms with Crippen molar-refractivity contribution in [3.05, 3.63) is 31.5 Å². The molecule has 3 atom stereocenters. The maximum absolute atomic E-state index is 15.6. The molecule has 0 saturated carbocycles. The molecule has 0 aromatic carbocycles. The Hall–Kier alpha value is -1.30. The molecule has 18 heteroatoms. The second kappa shape index (κ2) is 23.1. The van der Waals surface area contributed by atoms with Gasteiger partial charge in [0.2, 0.25) is 0 Å². The van der Waals surface area contributed by atoms with Crippen LogP contribution >= 0.6 is 0 Å². The highest BCUT2D eigenvalue weighted by atomic mass is 28.4. The molecule has 0 aliphatic heterocycles.